The maximum Gasteiger partial charge on any atom is 0.241 e. The number of benzene rings is 1. The van der Waals surface area contributed by atoms with E-state index in [-0.39, 0.29) is 5.91 Å². The molecule has 1 unspecified atom stereocenters. The van der Waals surface area contributed by atoms with E-state index in [0.717, 1.165) is 16.9 Å². The number of carbonyl (C=O) groups excluding carboxylic acids is 1. The molecule has 0 heterocycles. The van der Waals surface area contributed by atoms with Crippen LogP contribution in [0.4, 0.5) is 0 Å². The first-order valence-corrected chi connectivity index (χ1v) is 5.71. The summed E-state index contributed by atoms with van der Waals surface area (Å²) in [6.07, 6.45) is 0. The van der Waals surface area contributed by atoms with Gasteiger partial charge in [-0.25, -0.2) is 0 Å². The first-order chi connectivity index (χ1) is 8.60. The van der Waals surface area contributed by atoms with Crippen molar-refractivity contribution >= 4 is 5.91 Å². The van der Waals surface area contributed by atoms with E-state index < -0.39 is 6.04 Å². The van der Waals surface area contributed by atoms with Crippen LogP contribution in [-0.4, -0.2) is 34.2 Å². The van der Waals surface area contributed by atoms with Crippen LogP contribution in [0, 0.1) is 6.92 Å². The van der Waals surface area contributed by atoms with Gasteiger partial charge in [0.05, 0.1) is 14.2 Å². The third-order valence-corrected chi connectivity index (χ3v) is 2.92. The molecule has 0 spiro atoms. The molecule has 0 saturated carbocycles. The molecule has 0 aliphatic rings. The Morgan fingerprint density at radius 2 is 1.89 bits per heavy atom. The first-order valence-electron chi connectivity index (χ1n) is 5.71. The number of ether oxygens (including phenoxy) is 2. The summed E-state index contributed by atoms with van der Waals surface area (Å²) in [4.78, 5) is 11.8. The van der Waals surface area contributed by atoms with Gasteiger partial charge in [0.1, 0.15) is 17.5 Å². The van der Waals surface area contributed by atoms with Gasteiger partial charge in [-0.05, 0) is 26.1 Å². The van der Waals surface area contributed by atoms with Crippen molar-refractivity contribution in [3.05, 3.63) is 23.3 Å². The predicted molar refractivity (Wildman–Crippen MR) is 70.2 cm³/mol. The highest BCUT2D eigenvalue weighted by atomic mass is 16.5. The van der Waals surface area contributed by atoms with Gasteiger partial charge in [-0.2, -0.15) is 0 Å². The Morgan fingerprint density at radius 1 is 1.22 bits per heavy atom. The molecule has 5 nitrogen and oxygen atoms in total. The number of nitrogens with one attached hydrogen (secondary N) is 2. The molecule has 1 rings (SSSR count). The SMILES string of the molecule is CNC(=O)C(NC)c1ccc(OC)c(C)c1OC. The van der Waals surface area contributed by atoms with E-state index in [2.05, 4.69) is 10.6 Å². The van der Waals surface area contributed by atoms with E-state index in [1.165, 1.54) is 0 Å². The van der Waals surface area contributed by atoms with Crippen molar-refractivity contribution in [2.24, 2.45) is 0 Å². The minimum Gasteiger partial charge on any atom is -0.496 e. The van der Waals surface area contributed by atoms with E-state index in [9.17, 15) is 4.79 Å². The minimum absolute atomic E-state index is 0.111. The van der Waals surface area contributed by atoms with Crippen LogP contribution in [-0.2, 0) is 4.79 Å². The van der Waals surface area contributed by atoms with Crippen molar-refractivity contribution in [3.8, 4) is 11.5 Å². The third kappa shape index (κ3) is 2.56. The number of amides is 1. The van der Waals surface area contributed by atoms with Crippen LogP contribution >= 0.6 is 0 Å². The summed E-state index contributed by atoms with van der Waals surface area (Å²) in [7, 11) is 6.53. The van der Waals surface area contributed by atoms with Crippen LogP contribution in [0.2, 0.25) is 0 Å². The zero-order valence-corrected chi connectivity index (χ0v) is 11.5. The van der Waals surface area contributed by atoms with Crippen molar-refractivity contribution in [3.63, 3.8) is 0 Å². The van der Waals surface area contributed by atoms with Crippen molar-refractivity contribution in [1.29, 1.82) is 0 Å². The summed E-state index contributed by atoms with van der Waals surface area (Å²) < 4.78 is 10.6. The summed E-state index contributed by atoms with van der Waals surface area (Å²) in [6, 6.07) is 3.22. The molecule has 0 fully saturated rings. The van der Waals surface area contributed by atoms with Gasteiger partial charge in [-0.3, -0.25) is 4.79 Å². The molecule has 0 bridgehead atoms. The Kier molecular flexibility index (Phi) is 4.97. The van der Waals surface area contributed by atoms with Crippen molar-refractivity contribution in [2.75, 3.05) is 28.3 Å². The van der Waals surface area contributed by atoms with Crippen LogP contribution in [0.5, 0.6) is 11.5 Å². The maximum absolute atomic E-state index is 11.8. The number of methoxy groups -OCH3 is 2. The lowest BCUT2D eigenvalue weighted by atomic mass is 10.0. The largest absolute Gasteiger partial charge is 0.496 e. The van der Waals surface area contributed by atoms with E-state index >= 15 is 0 Å². The van der Waals surface area contributed by atoms with Crippen LogP contribution < -0.4 is 20.1 Å². The summed E-state index contributed by atoms with van der Waals surface area (Å²) in [5.74, 6) is 1.29. The average Bonchev–Trinajstić information content (AvgIpc) is 2.39. The second-order valence-corrected chi connectivity index (χ2v) is 3.85. The molecule has 2 N–H and O–H groups in total. The molecule has 100 valence electrons. The molecule has 0 aromatic heterocycles. The van der Waals surface area contributed by atoms with Gasteiger partial charge in [0.2, 0.25) is 5.91 Å². The molecule has 1 aromatic rings. The van der Waals surface area contributed by atoms with E-state index in [0.29, 0.717) is 5.75 Å². The highest BCUT2D eigenvalue weighted by molar-refractivity contribution is 5.84. The number of rotatable bonds is 5. The summed E-state index contributed by atoms with van der Waals surface area (Å²) in [5, 5.41) is 5.60. The topological polar surface area (TPSA) is 59.6 Å². The number of likely N-dealkylation sites (N-methyl/N-ethyl adjacent to an activating group) is 2. The second-order valence-electron chi connectivity index (χ2n) is 3.85. The quantitative estimate of drug-likeness (QED) is 0.821. The molecule has 0 aliphatic heterocycles. The molecule has 0 radical (unpaired) electrons. The maximum atomic E-state index is 11.8. The second kappa shape index (κ2) is 6.26. The molecule has 1 aromatic carbocycles. The average molecular weight is 252 g/mol. The summed E-state index contributed by atoms with van der Waals surface area (Å²) in [5.41, 5.74) is 1.67. The Balaban J connectivity index is 3.31. The van der Waals surface area contributed by atoms with Crippen molar-refractivity contribution in [2.45, 2.75) is 13.0 Å². The summed E-state index contributed by atoms with van der Waals surface area (Å²) >= 11 is 0. The molecule has 1 atom stereocenters. The zero-order valence-electron chi connectivity index (χ0n) is 11.5. The number of hydrogen-bond donors (Lipinski definition) is 2. The van der Waals surface area contributed by atoms with Crippen LogP contribution in [0.25, 0.3) is 0 Å². The fourth-order valence-electron chi connectivity index (χ4n) is 1.99. The van der Waals surface area contributed by atoms with Crippen molar-refractivity contribution < 1.29 is 14.3 Å². The van der Waals surface area contributed by atoms with Gasteiger partial charge in [0.25, 0.3) is 0 Å². The monoisotopic (exact) mass is 252 g/mol. The zero-order chi connectivity index (χ0) is 13.7. The molecule has 18 heavy (non-hydrogen) atoms. The molecule has 0 aliphatic carbocycles. The van der Waals surface area contributed by atoms with Gasteiger partial charge < -0.3 is 20.1 Å². The van der Waals surface area contributed by atoms with Gasteiger partial charge in [0, 0.05) is 18.2 Å². The lowest BCUT2D eigenvalue weighted by Crippen LogP contribution is -2.34. The van der Waals surface area contributed by atoms with Crippen molar-refractivity contribution in [1.82, 2.24) is 10.6 Å². The van der Waals surface area contributed by atoms with Crippen LogP contribution in [0.1, 0.15) is 17.2 Å². The standard InChI is InChI=1S/C13H20N2O3/c1-8-10(17-4)7-6-9(12(8)18-5)11(14-2)13(16)15-3/h6-7,11,14H,1-5H3,(H,15,16). The predicted octanol–water partition coefficient (Wildman–Crippen LogP) is 1.02. The molecular weight excluding hydrogens is 232 g/mol. The van der Waals surface area contributed by atoms with E-state index in [1.807, 2.05) is 19.1 Å². The molecule has 0 saturated heterocycles. The molecule has 1 amide bonds. The fraction of sp³-hybridized carbons (Fsp3) is 0.462. The van der Waals surface area contributed by atoms with Gasteiger partial charge in [0.15, 0.2) is 0 Å². The number of carbonyl (C=O) groups is 1. The normalized spacial score (nSPS) is 11.8. The Bertz CT molecular complexity index is 432. The van der Waals surface area contributed by atoms with Gasteiger partial charge >= 0.3 is 0 Å². The third-order valence-electron chi connectivity index (χ3n) is 2.92. The lowest BCUT2D eigenvalue weighted by Gasteiger charge is -2.20. The first kappa shape index (κ1) is 14.3. The van der Waals surface area contributed by atoms with Gasteiger partial charge in [-0.1, -0.05) is 0 Å². The lowest BCUT2D eigenvalue weighted by molar-refractivity contribution is -0.122. The van der Waals surface area contributed by atoms with Gasteiger partial charge in [-0.15, -0.1) is 0 Å². The fourth-order valence-corrected chi connectivity index (χ4v) is 1.99. The molecule has 5 heteroatoms. The van der Waals surface area contributed by atoms with E-state index in [4.69, 9.17) is 9.47 Å². The Morgan fingerprint density at radius 3 is 2.33 bits per heavy atom. The Labute approximate surface area is 107 Å². The smallest absolute Gasteiger partial charge is 0.241 e. The van der Waals surface area contributed by atoms with E-state index in [1.54, 1.807) is 28.3 Å². The Hall–Kier alpha value is -1.75. The highest BCUT2D eigenvalue weighted by Gasteiger charge is 2.23. The minimum atomic E-state index is -0.449. The van der Waals surface area contributed by atoms with Crippen LogP contribution in [0.3, 0.4) is 0 Å². The number of hydrogen-bond acceptors (Lipinski definition) is 4. The summed E-state index contributed by atoms with van der Waals surface area (Å²) in [6.45, 7) is 1.90. The highest BCUT2D eigenvalue weighted by Crippen LogP contribution is 2.34. The van der Waals surface area contributed by atoms with Crippen LogP contribution in [0.15, 0.2) is 12.1 Å². The molecular formula is C13H20N2O3.